The van der Waals surface area contributed by atoms with E-state index in [4.69, 9.17) is 5.11 Å². The van der Waals surface area contributed by atoms with Gasteiger partial charge >= 0.3 is 12.0 Å². The molecular formula is C12H12BrFN2O4. The lowest BCUT2D eigenvalue weighted by Gasteiger charge is -2.10. The van der Waals surface area contributed by atoms with Crippen LogP contribution in [0.3, 0.4) is 0 Å². The molecule has 0 aliphatic heterocycles. The molecule has 20 heavy (non-hydrogen) atoms. The van der Waals surface area contributed by atoms with Gasteiger partial charge in [0.05, 0.1) is 10.9 Å². The SMILES string of the molecule is Cc1cc(Br)c(F)cc1NC(=O)NC(=O)CCC(=O)O. The number of rotatable bonds is 4. The van der Waals surface area contributed by atoms with Crippen molar-refractivity contribution >= 4 is 39.5 Å². The van der Waals surface area contributed by atoms with Gasteiger partial charge < -0.3 is 10.4 Å². The first-order chi connectivity index (χ1) is 9.29. The molecule has 3 amide bonds. The largest absolute Gasteiger partial charge is 0.481 e. The Balaban J connectivity index is 2.61. The Morgan fingerprint density at radius 3 is 2.55 bits per heavy atom. The van der Waals surface area contributed by atoms with Gasteiger partial charge in [-0.25, -0.2) is 9.18 Å². The summed E-state index contributed by atoms with van der Waals surface area (Å²) < 4.78 is 13.6. The molecule has 0 saturated heterocycles. The third kappa shape index (κ3) is 4.96. The number of halogens is 2. The van der Waals surface area contributed by atoms with Gasteiger partial charge in [-0.05, 0) is 40.5 Å². The molecule has 0 unspecified atom stereocenters. The van der Waals surface area contributed by atoms with Gasteiger partial charge in [-0.3, -0.25) is 14.9 Å². The number of carbonyl (C=O) groups excluding carboxylic acids is 2. The fourth-order valence-corrected chi connectivity index (χ4v) is 1.80. The van der Waals surface area contributed by atoms with Crippen molar-refractivity contribution in [2.75, 3.05) is 5.32 Å². The van der Waals surface area contributed by atoms with Gasteiger partial charge in [0, 0.05) is 12.1 Å². The van der Waals surface area contributed by atoms with Gasteiger partial charge in [0.15, 0.2) is 0 Å². The van der Waals surface area contributed by atoms with Crippen molar-refractivity contribution < 1.29 is 23.9 Å². The molecule has 1 aromatic carbocycles. The van der Waals surface area contributed by atoms with E-state index in [1.165, 1.54) is 6.07 Å². The summed E-state index contributed by atoms with van der Waals surface area (Å²) in [7, 11) is 0. The van der Waals surface area contributed by atoms with Crippen molar-refractivity contribution in [1.82, 2.24) is 5.32 Å². The van der Waals surface area contributed by atoms with Crippen LogP contribution in [-0.4, -0.2) is 23.0 Å². The van der Waals surface area contributed by atoms with Crippen LogP contribution in [0.1, 0.15) is 18.4 Å². The smallest absolute Gasteiger partial charge is 0.325 e. The average Bonchev–Trinajstić information content (AvgIpc) is 2.33. The second-order valence-corrected chi connectivity index (χ2v) is 4.83. The van der Waals surface area contributed by atoms with E-state index >= 15 is 0 Å². The van der Waals surface area contributed by atoms with Gasteiger partial charge in [0.1, 0.15) is 5.82 Å². The molecule has 0 radical (unpaired) electrons. The highest BCUT2D eigenvalue weighted by molar-refractivity contribution is 9.10. The lowest BCUT2D eigenvalue weighted by Crippen LogP contribution is -2.34. The number of anilines is 1. The summed E-state index contributed by atoms with van der Waals surface area (Å²) in [4.78, 5) is 33.0. The predicted molar refractivity (Wildman–Crippen MR) is 72.9 cm³/mol. The highest BCUT2D eigenvalue weighted by Crippen LogP contribution is 2.23. The number of benzene rings is 1. The van der Waals surface area contributed by atoms with Crippen molar-refractivity contribution in [3.05, 3.63) is 28.0 Å². The highest BCUT2D eigenvalue weighted by atomic mass is 79.9. The van der Waals surface area contributed by atoms with Gasteiger partial charge in [-0.1, -0.05) is 0 Å². The van der Waals surface area contributed by atoms with Crippen LogP contribution in [-0.2, 0) is 9.59 Å². The van der Waals surface area contributed by atoms with E-state index in [-0.39, 0.29) is 23.0 Å². The maximum atomic E-state index is 13.3. The van der Waals surface area contributed by atoms with Crippen LogP contribution in [0.4, 0.5) is 14.9 Å². The van der Waals surface area contributed by atoms with Gasteiger partial charge in [0.25, 0.3) is 0 Å². The van der Waals surface area contributed by atoms with E-state index in [1.807, 2.05) is 5.32 Å². The number of nitrogens with one attached hydrogen (secondary N) is 2. The summed E-state index contributed by atoms with van der Waals surface area (Å²) >= 11 is 3.01. The Kier molecular flexibility index (Phi) is 5.63. The zero-order valence-electron chi connectivity index (χ0n) is 10.5. The molecule has 108 valence electrons. The van der Waals surface area contributed by atoms with Crippen LogP contribution < -0.4 is 10.6 Å². The molecule has 0 bridgehead atoms. The topological polar surface area (TPSA) is 95.5 Å². The summed E-state index contributed by atoms with van der Waals surface area (Å²) in [6.45, 7) is 1.66. The average molecular weight is 347 g/mol. The standard InChI is InChI=1S/C12H12BrFN2O4/c1-6-4-7(13)8(14)5-9(6)15-12(20)16-10(17)2-3-11(18)19/h4-5H,2-3H2,1H3,(H,18,19)(H2,15,16,17,20). The second kappa shape index (κ2) is 6.99. The van der Waals surface area contributed by atoms with Crippen LogP contribution in [0, 0.1) is 12.7 Å². The molecule has 0 spiro atoms. The number of hydrogen-bond acceptors (Lipinski definition) is 3. The molecule has 3 N–H and O–H groups in total. The fourth-order valence-electron chi connectivity index (χ4n) is 1.34. The van der Waals surface area contributed by atoms with Crippen molar-refractivity contribution in [3.8, 4) is 0 Å². The summed E-state index contributed by atoms with van der Waals surface area (Å²) in [5.74, 6) is -2.41. The number of aliphatic carboxylic acids is 1. The van der Waals surface area contributed by atoms with Crippen LogP contribution in [0.25, 0.3) is 0 Å². The quantitative estimate of drug-likeness (QED) is 0.779. The molecule has 0 aromatic heterocycles. The van der Waals surface area contributed by atoms with E-state index in [9.17, 15) is 18.8 Å². The summed E-state index contributed by atoms with van der Waals surface area (Å²) in [6, 6.07) is 1.75. The number of hydrogen-bond donors (Lipinski definition) is 3. The third-order valence-corrected chi connectivity index (χ3v) is 2.94. The first kappa shape index (κ1) is 16.1. The molecule has 0 aliphatic rings. The Labute approximate surface area is 122 Å². The lowest BCUT2D eigenvalue weighted by atomic mass is 10.2. The minimum Gasteiger partial charge on any atom is -0.481 e. The van der Waals surface area contributed by atoms with Crippen LogP contribution in [0.5, 0.6) is 0 Å². The first-order valence-electron chi connectivity index (χ1n) is 5.58. The summed E-state index contributed by atoms with van der Waals surface area (Å²) in [5.41, 5.74) is 0.820. The van der Waals surface area contributed by atoms with E-state index in [0.29, 0.717) is 5.56 Å². The molecule has 0 heterocycles. The van der Waals surface area contributed by atoms with Gasteiger partial charge in [-0.15, -0.1) is 0 Å². The monoisotopic (exact) mass is 346 g/mol. The van der Waals surface area contributed by atoms with E-state index in [1.54, 1.807) is 6.92 Å². The Hall–Kier alpha value is -1.96. The first-order valence-corrected chi connectivity index (χ1v) is 6.37. The number of urea groups is 1. The minimum atomic E-state index is -1.13. The number of carboxylic acid groups (broad SMARTS) is 1. The maximum Gasteiger partial charge on any atom is 0.325 e. The summed E-state index contributed by atoms with van der Waals surface area (Å²) in [5, 5.41) is 12.7. The molecule has 0 atom stereocenters. The van der Waals surface area contributed by atoms with E-state index in [2.05, 4.69) is 21.2 Å². The molecule has 0 saturated carbocycles. The second-order valence-electron chi connectivity index (χ2n) is 3.98. The van der Waals surface area contributed by atoms with E-state index in [0.717, 1.165) is 6.07 Å². The number of imide groups is 1. The molecule has 1 rings (SSSR count). The molecule has 8 heteroatoms. The lowest BCUT2D eigenvalue weighted by molar-refractivity contribution is -0.138. The Morgan fingerprint density at radius 1 is 1.30 bits per heavy atom. The van der Waals surface area contributed by atoms with E-state index < -0.39 is 23.7 Å². The summed E-state index contributed by atoms with van der Waals surface area (Å²) in [6.07, 6.45) is -0.679. The fraction of sp³-hybridized carbons (Fsp3) is 0.250. The minimum absolute atomic E-state index is 0.217. The highest BCUT2D eigenvalue weighted by Gasteiger charge is 2.12. The number of carbonyl (C=O) groups is 3. The van der Waals surface area contributed by atoms with Crippen LogP contribution in [0.2, 0.25) is 0 Å². The Bertz CT molecular complexity index is 563. The number of aryl methyl sites for hydroxylation is 1. The molecule has 6 nitrogen and oxygen atoms in total. The predicted octanol–water partition coefficient (Wildman–Crippen LogP) is 2.41. The molecule has 1 aromatic rings. The van der Waals surface area contributed by atoms with Crippen molar-refractivity contribution in [3.63, 3.8) is 0 Å². The van der Waals surface area contributed by atoms with Gasteiger partial charge in [-0.2, -0.15) is 0 Å². The normalized spacial score (nSPS) is 9.95. The third-order valence-electron chi connectivity index (χ3n) is 2.33. The maximum absolute atomic E-state index is 13.3. The van der Waals surface area contributed by atoms with Crippen molar-refractivity contribution in [2.24, 2.45) is 0 Å². The number of carboxylic acids is 1. The Morgan fingerprint density at radius 2 is 1.95 bits per heavy atom. The van der Waals surface area contributed by atoms with Crippen LogP contribution in [0.15, 0.2) is 16.6 Å². The number of amides is 3. The zero-order valence-corrected chi connectivity index (χ0v) is 12.1. The zero-order chi connectivity index (χ0) is 15.3. The van der Waals surface area contributed by atoms with Crippen LogP contribution >= 0.6 is 15.9 Å². The van der Waals surface area contributed by atoms with Gasteiger partial charge in [0.2, 0.25) is 5.91 Å². The molecule has 0 aliphatic carbocycles. The van der Waals surface area contributed by atoms with Crippen molar-refractivity contribution in [1.29, 1.82) is 0 Å². The molecular weight excluding hydrogens is 335 g/mol. The molecule has 0 fully saturated rings. The van der Waals surface area contributed by atoms with Crippen molar-refractivity contribution in [2.45, 2.75) is 19.8 Å².